The first-order chi connectivity index (χ1) is 8.74. The van der Waals surface area contributed by atoms with Crippen molar-refractivity contribution in [1.29, 1.82) is 0 Å². The van der Waals surface area contributed by atoms with E-state index in [0.717, 1.165) is 31.9 Å². The summed E-state index contributed by atoms with van der Waals surface area (Å²) in [5.41, 5.74) is 0.230. The molecule has 2 heterocycles. The predicted molar refractivity (Wildman–Crippen MR) is 65.6 cm³/mol. The van der Waals surface area contributed by atoms with Crippen molar-refractivity contribution in [3.63, 3.8) is 0 Å². The zero-order chi connectivity index (χ0) is 13.0. The standard InChI is InChI=1S/C12H17N3O3/c1-17-8-9-3-4-15(7-9)11-6-13-10(5-14-11)12(16)18-2/h5-6,9H,3-4,7-8H2,1-2H3. The van der Waals surface area contributed by atoms with Crippen LogP contribution in [-0.4, -0.2) is 49.9 Å². The van der Waals surface area contributed by atoms with Crippen molar-refractivity contribution in [2.75, 3.05) is 38.8 Å². The molecule has 1 saturated heterocycles. The summed E-state index contributed by atoms with van der Waals surface area (Å²) in [6.07, 6.45) is 4.15. The lowest BCUT2D eigenvalue weighted by Crippen LogP contribution is -2.22. The van der Waals surface area contributed by atoms with Crippen molar-refractivity contribution in [3.8, 4) is 0 Å². The van der Waals surface area contributed by atoms with Gasteiger partial charge in [0.1, 0.15) is 5.82 Å². The molecule has 1 aromatic rings. The molecule has 0 saturated carbocycles. The second kappa shape index (κ2) is 5.77. The molecule has 0 spiro atoms. The Morgan fingerprint density at radius 3 is 2.89 bits per heavy atom. The largest absolute Gasteiger partial charge is 0.464 e. The maximum Gasteiger partial charge on any atom is 0.358 e. The fourth-order valence-electron chi connectivity index (χ4n) is 2.11. The van der Waals surface area contributed by atoms with Crippen LogP contribution in [0, 0.1) is 5.92 Å². The smallest absolute Gasteiger partial charge is 0.358 e. The lowest BCUT2D eigenvalue weighted by Gasteiger charge is -2.16. The average Bonchev–Trinajstić information content (AvgIpc) is 2.87. The van der Waals surface area contributed by atoms with Crippen LogP contribution in [0.25, 0.3) is 0 Å². The molecule has 2 rings (SSSR count). The summed E-state index contributed by atoms with van der Waals surface area (Å²) < 4.78 is 9.73. The van der Waals surface area contributed by atoms with E-state index in [4.69, 9.17) is 4.74 Å². The van der Waals surface area contributed by atoms with Crippen LogP contribution >= 0.6 is 0 Å². The number of methoxy groups -OCH3 is 2. The fraction of sp³-hybridized carbons (Fsp3) is 0.583. The molecule has 0 bridgehead atoms. The molecule has 1 atom stereocenters. The maximum atomic E-state index is 11.2. The van der Waals surface area contributed by atoms with E-state index in [0.29, 0.717) is 5.92 Å². The Kier molecular flexibility index (Phi) is 4.09. The van der Waals surface area contributed by atoms with E-state index in [9.17, 15) is 4.79 Å². The molecular formula is C12H17N3O3. The van der Waals surface area contributed by atoms with E-state index in [2.05, 4.69) is 19.6 Å². The van der Waals surface area contributed by atoms with Gasteiger partial charge in [-0.1, -0.05) is 0 Å². The van der Waals surface area contributed by atoms with Crippen LogP contribution in [0.3, 0.4) is 0 Å². The van der Waals surface area contributed by atoms with Crippen molar-refractivity contribution in [3.05, 3.63) is 18.1 Å². The predicted octanol–water partition coefficient (Wildman–Crippen LogP) is 0.736. The zero-order valence-electron chi connectivity index (χ0n) is 10.6. The molecule has 6 nitrogen and oxygen atoms in total. The number of nitrogens with zero attached hydrogens (tertiary/aromatic N) is 3. The fourth-order valence-corrected chi connectivity index (χ4v) is 2.11. The molecule has 1 unspecified atom stereocenters. The average molecular weight is 251 g/mol. The highest BCUT2D eigenvalue weighted by Gasteiger charge is 2.23. The summed E-state index contributed by atoms with van der Waals surface area (Å²) in [6, 6.07) is 0. The van der Waals surface area contributed by atoms with Gasteiger partial charge in [-0.25, -0.2) is 14.8 Å². The lowest BCUT2D eigenvalue weighted by atomic mass is 10.1. The van der Waals surface area contributed by atoms with Gasteiger partial charge in [0.05, 0.1) is 26.1 Å². The van der Waals surface area contributed by atoms with Crippen LogP contribution in [0.2, 0.25) is 0 Å². The van der Waals surface area contributed by atoms with Crippen LogP contribution < -0.4 is 4.90 Å². The second-order valence-electron chi connectivity index (χ2n) is 4.31. The number of ether oxygens (including phenoxy) is 2. The van der Waals surface area contributed by atoms with Crippen molar-refractivity contribution in [1.82, 2.24) is 9.97 Å². The Hall–Kier alpha value is -1.69. The van der Waals surface area contributed by atoms with Crippen molar-refractivity contribution >= 4 is 11.8 Å². The Morgan fingerprint density at radius 1 is 1.44 bits per heavy atom. The van der Waals surface area contributed by atoms with Crippen LogP contribution in [0.15, 0.2) is 12.4 Å². The normalized spacial score (nSPS) is 19.0. The molecule has 1 fully saturated rings. The third-order valence-corrected chi connectivity index (χ3v) is 3.04. The minimum absolute atomic E-state index is 0.230. The molecular weight excluding hydrogens is 234 g/mol. The summed E-state index contributed by atoms with van der Waals surface area (Å²) in [5.74, 6) is 0.867. The molecule has 0 radical (unpaired) electrons. The van der Waals surface area contributed by atoms with Gasteiger partial charge < -0.3 is 14.4 Å². The van der Waals surface area contributed by atoms with E-state index in [1.807, 2.05) is 0 Å². The molecule has 98 valence electrons. The highest BCUT2D eigenvalue weighted by Crippen LogP contribution is 2.21. The van der Waals surface area contributed by atoms with Gasteiger partial charge in [0, 0.05) is 26.1 Å². The van der Waals surface area contributed by atoms with Gasteiger partial charge >= 0.3 is 5.97 Å². The molecule has 6 heteroatoms. The van der Waals surface area contributed by atoms with E-state index < -0.39 is 5.97 Å². The monoisotopic (exact) mass is 251 g/mol. The molecule has 0 N–H and O–H groups in total. The second-order valence-corrected chi connectivity index (χ2v) is 4.31. The Balaban J connectivity index is 2.00. The first kappa shape index (κ1) is 12.8. The zero-order valence-corrected chi connectivity index (χ0v) is 10.6. The molecule has 1 aliphatic rings. The van der Waals surface area contributed by atoms with E-state index >= 15 is 0 Å². The van der Waals surface area contributed by atoms with Gasteiger partial charge in [0.2, 0.25) is 0 Å². The van der Waals surface area contributed by atoms with E-state index in [1.54, 1.807) is 13.3 Å². The molecule has 0 amide bonds. The summed E-state index contributed by atoms with van der Waals surface area (Å²) >= 11 is 0. The number of anilines is 1. The number of aromatic nitrogens is 2. The number of hydrogen-bond acceptors (Lipinski definition) is 6. The topological polar surface area (TPSA) is 64.5 Å². The number of carbonyl (C=O) groups is 1. The van der Waals surface area contributed by atoms with Crippen LogP contribution in [0.5, 0.6) is 0 Å². The van der Waals surface area contributed by atoms with Gasteiger partial charge in [-0.05, 0) is 6.42 Å². The minimum Gasteiger partial charge on any atom is -0.464 e. The quantitative estimate of drug-likeness (QED) is 0.735. The summed E-state index contributed by atoms with van der Waals surface area (Å²) in [5, 5.41) is 0. The Morgan fingerprint density at radius 2 is 2.28 bits per heavy atom. The molecule has 1 aromatic heterocycles. The van der Waals surface area contributed by atoms with Gasteiger partial charge in [-0.3, -0.25) is 0 Å². The van der Waals surface area contributed by atoms with Crippen LogP contribution in [0.4, 0.5) is 5.82 Å². The summed E-state index contributed by atoms with van der Waals surface area (Å²) in [7, 11) is 3.04. The van der Waals surface area contributed by atoms with Crippen molar-refractivity contribution in [2.24, 2.45) is 5.92 Å². The lowest BCUT2D eigenvalue weighted by molar-refractivity contribution is 0.0593. The maximum absolute atomic E-state index is 11.2. The number of rotatable bonds is 4. The van der Waals surface area contributed by atoms with Crippen molar-refractivity contribution in [2.45, 2.75) is 6.42 Å². The van der Waals surface area contributed by atoms with Crippen LogP contribution in [-0.2, 0) is 9.47 Å². The molecule has 0 aliphatic carbocycles. The molecule has 18 heavy (non-hydrogen) atoms. The summed E-state index contributed by atoms with van der Waals surface area (Å²) in [4.78, 5) is 21.7. The van der Waals surface area contributed by atoms with Crippen LogP contribution in [0.1, 0.15) is 16.9 Å². The number of carbonyl (C=O) groups excluding carboxylic acids is 1. The van der Waals surface area contributed by atoms with E-state index in [-0.39, 0.29) is 5.69 Å². The van der Waals surface area contributed by atoms with Gasteiger partial charge in [-0.2, -0.15) is 0 Å². The van der Waals surface area contributed by atoms with Gasteiger partial charge in [0.15, 0.2) is 5.69 Å². The summed E-state index contributed by atoms with van der Waals surface area (Å²) in [6.45, 7) is 2.63. The third kappa shape index (κ3) is 2.76. The van der Waals surface area contributed by atoms with Crippen molar-refractivity contribution < 1.29 is 14.3 Å². The van der Waals surface area contributed by atoms with E-state index in [1.165, 1.54) is 13.3 Å². The number of esters is 1. The highest BCUT2D eigenvalue weighted by atomic mass is 16.5. The SMILES string of the molecule is COCC1CCN(c2cnc(C(=O)OC)cn2)C1. The third-order valence-electron chi connectivity index (χ3n) is 3.04. The van der Waals surface area contributed by atoms with Gasteiger partial charge in [0.25, 0.3) is 0 Å². The first-order valence-electron chi connectivity index (χ1n) is 5.89. The molecule has 0 aromatic carbocycles. The number of hydrogen-bond donors (Lipinski definition) is 0. The first-order valence-corrected chi connectivity index (χ1v) is 5.89. The Bertz CT molecular complexity index is 408. The molecule has 1 aliphatic heterocycles. The Labute approximate surface area is 106 Å². The minimum atomic E-state index is -0.465. The highest BCUT2D eigenvalue weighted by molar-refractivity contribution is 5.86. The van der Waals surface area contributed by atoms with Gasteiger partial charge in [-0.15, -0.1) is 0 Å².